The van der Waals surface area contributed by atoms with Crippen molar-refractivity contribution in [3.8, 4) is 22.4 Å². The van der Waals surface area contributed by atoms with Crippen molar-refractivity contribution in [2.24, 2.45) is 0 Å². The van der Waals surface area contributed by atoms with Crippen molar-refractivity contribution in [3.63, 3.8) is 0 Å². The molecule has 3 rings (SSSR count). The predicted molar refractivity (Wildman–Crippen MR) is 83.0 cm³/mol. The molecule has 0 N–H and O–H groups in total. The van der Waals surface area contributed by atoms with Gasteiger partial charge in [-0.2, -0.15) is 5.26 Å². The summed E-state index contributed by atoms with van der Waals surface area (Å²) in [6.45, 7) is 0.278. The highest BCUT2D eigenvalue weighted by Crippen LogP contribution is 2.26. The molecule has 22 heavy (non-hydrogen) atoms. The van der Waals surface area contributed by atoms with E-state index in [1.54, 1.807) is 42.5 Å². The van der Waals surface area contributed by atoms with Crippen LogP contribution in [0.15, 0.2) is 53.9 Å². The van der Waals surface area contributed by atoms with E-state index in [0.29, 0.717) is 21.9 Å². The zero-order valence-electron chi connectivity index (χ0n) is 11.5. The molecule has 1 heterocycles. The molecule has 1 aromatic heterocycles. The number of thiazole rings is 1. The molecule has 0 saturated carbocycles. The Kier molecular flexibility index (Phi) is 4.12. The summed E-state index contributed by atoms with van der Waals surface area (Å²) in [4.78, 5) is 4.39. The van der Waals surface area contributed by atoms with E-state index in [1.807, 2.05) is 5.38 Å². The summed E-state index contributed by atoms with van der Waals surface area (Å²) in [5.74, 6) is 0.325. The van der Waals surface area contributed by atoms with Gasteiger partial charge >= 0.3 is 0 Å². The fourth-order valence-corrected chi connectivity index (χ4v) is 2.78. The van der Waals surface area contributed by atoms with Crippen molar-refractivity contribution < 1.29 is 9.13 Å². The van der Waals surface area contributed by atoms with Crippen LogP contribution in [0.3, 0.4) is 0 Å². The van der Waals surface area contributed by atoms with Crippen LogP contribution in [0, 0.1) is 17.1 Å². The van der Waals surface area contributed by atoms with E-state index in [4.69, 9.17) is 10.00 Å². The monoisotopic (exact) mass is 310 g/mol. The van der Waals surface area contributed by atoms with Crippen LogP contribution >= 0.6 is 11.3 Å². The second-order valence-electron chi connectivity index (χ2n) is 4.55. The van der Waals surface area contributed by atoms with Gasteiger partial charge in [-0.25, -0.2) is 9.37 Å². The lowest BCUT2D eigenvalue weighted by atomic mass is 10.2. The number of hydrogen-bond acceptors (Lipinski definition) is 4. The second-order valence-corrected chi connectivity index (χ2v) is 5.41. The zero-order valence-corrected chi connectivity index (χ0v) is 12.3. The summed E-state index contributed by atoms with van der Waals surface area (Å²) in [5.41, 5.74) is 1.76. The van der Waals surface area contributed by atoms with E-state index in [9.17, 15) is 4.39 Å². The molecular weight excluding hydrogens is 299 g/mol. The predicted octanol–water partition coefficient (Wildman–Crippen LogP) is 4.40. The molecule has 0 aliphatic carbocycles. The quantitative estimate of drug-likeness (QED) is 0.717. The normalized spacial score (nSPS) is 10.2. The van der Waals surface area contributed by atoms with Crippen LogP contribution < -0.4 is 4.74 Å². The molecule has 108 valence electrons. The molecule has 5 heteroatoms. The Hall–Kier alpha value is -2.71. The maximum atomic E-state index is 13.7. The fraction of sp³-hybridized carbons (Fsp3) is 0.0588. The average Bonchev–Trinajstić information content (AvgIpc) is 3.02. The number of benzene rings is 2. The minimum Gasteiger partial charge on any atom is -0.487 e. The Morgan fingerprint density at radius 2 is 2.05 bits per heavy atom. The van der Waals surface area contributed by atoms with Crippen molar-refractivity contribution in [1.82, 2.24) is 4.98 Å². The van der Waals surface area contributed by atoms with Gasteiger partial charge in [0.05, 0.1) is 17.3 Å². The van der Waals surface area contributed by atoms with Crippen LogP contribution in [0.25, 0.3) is 10.6 Å². The van der Waals surface area contributed by atoms with Crippen LogP contribution in [0.2, 0.25) is 0 Å². The molecule has 0 atom stereocenters. The van der Waals surface area contributed by atoms with Gasteiger partial charge in [-0.1, -0.05) is 18.2 Å². The molecule has 0 aliphatic heterocycles. The molecule has 0 bridgehead atoms. The second kappa shape index (κ2) is 6.37. The van der Waals surface area contributed by atoms with E-state index < -0.39 is 0 Å². The SMILES string of the molecule is N#Cc1cccc(OCc2csc(-c3ccccc3F)n2)c1. The minimum atomic E-state index is -0.286. The van der Waals surface area contributed by atoms with Crippen molar-refractivity contribution in [3.05, 3.63) is 71.0 Å². The number of hydrogen-bond donors (Lipinski definition) is 0. The van der Waals surface area contributed by atoms with Crippen LogP contribution in [-0.4, -0.2) is 4.98 Å². The molecule has 0 aliphatic rings. The molecule has 3 aromatic rings. The molecule has 3 nitrogen and oxygen atoms in total. The number of aromatic nitrogens is 1. The first-order chi connectivity index (χ1) is 10.8. The lowest BCUT2D eigenvalue weighted by Gasteiger charge is -2.04. The van der Waals surface area contributed by atoms with Gasteiger partial charge in [-0.3, -0.25) is 0 Å². The largest absolute Gasteiger partial charge is 0.487 e. The standard InChI is InChI=1S/C17H11FN2OS/c18-16-7-2-1-6-15(16)17-20-13(11-22-17)10-21-14-5-3-4-12(8-14)9-19/h1-8,11H,10H2. The third-order valence-corrected chi connectivity index (χ3v) is 3.93. The highest BCUT2D eigenvalue weighted by molar-refractivity contribution is 7.13. The molecule has 0 saturated heterocycles. The van der Waals surface area contributed by atoms with Crippen molar-refractivity contribution in [2.45, 2.75) is 6.61 Å². The van der Waals surface area contributed by atoms with Gasteiger partial charge in [0.25, 0.3) is 0 Å². The lowest BCUT2D eigenvalue weighted by molar-refractivity contribution is 0.302. The van der Waals surface area contributed by atoms with Crippen LogP contribution in [0.4, 0.5) is 4.39 Å². The van der Waals surface area contributed by atoms with E-state index in [1.165, 1.54) is 17.4 Å². The van der Waals surface area contributed by atoms with E-state index in [-0.39, 0.29) is 12.4 Å². The summed E-state index contributed by atoms with van der Waals surface area (Å²) in [6.07, 6.45) is 0. The van der Waals surface area contributed by atoms with Crippen LogP contribution in [0.5, 0.6) is 5.75 Å². The van der Waals surface area contributed by atoms with Crippen LogP contribution in [0.1, 0.15) is 11.3 Å². The van der Waals surface area contributed by atoms with Gasteiger partial charge in [-0.05, 0) is 30.3 Å². The summed E-state index contributed by atoms with van der Waals surface area (Å²) < 4.78 is 19.3. The first-order valence-corrected chi connectivity index (χ1v) is 7.46. The Morgan fingerprint density at radius 3 is 2.86 bits per heavy atom. The van der Waals surface area contributed by atoms with Gasteiger partial charge in [-0.15, -0.1) is 11.3 Å². The fourth-order valence-electron chi connectivity index (χ4n) is 1.94. The Labute approximate surface area is 131 Å². The van der Waals surface area contributed by atoms with Crippen molar-refractivity contribution >= 4 is 11.3 Å². The lowest BCUT2D eigenvalue weighted by Crippen LogP contribution is -1.96. The first-order valence-electron chi connectivity index (χ1n) is 6.58. The average molecular weight is 310 g/mol. The smallest absolute Gasteiger partial charge is 0.133 e. The minimum absolute atomic E-state index is 0.278. The molecule has 0 unspecified atom stereocenters. The summed E-state index contributed by atoms with van der Waals surface area (Å²) in [7, 11) is 0. The zero-order chi connectivity index (χ0) is 15.4. The number of halogens is 1. The maximum Gasteiger partial charge on any atom is 0.133 e. The number of nitrogens with zero attached hydrogens (tertiary/aromatic N) is 2. The van der Waals surface area contributed by atoms with Gasteiger partial charge in [0, 0.05) is 10.9 Å². The van der Waals surface area contributed by atoms with Crippen molar-refractivity contribution in [1.29, 1.82) is 5.26 Å². The summed E-state index contributed by atoms with van der Waals surface area (Å²) in [6, 6.07) is 15.5. The Balaban J connectivity index is 1.72. The van der Waals surface area contributed by atoms with Gasteiger partial charge < -0.3 is 4.74 Å². The van der Waals surface area contributed by atoms with Crippen molar-refractivity contribution in [2.75, 3.05) is 0 Å². The Bertz CT molecular complexity index is 838. The molecule has 0 spiro atoms. The first kappa shape index (κ1) is 14.2. The molecule has 0 radical (unpaired) electrons. The highest BCUT2D eigenvalue weighted by Gasteiger charge is 2.09. The van der Waals surface area contributed by atoms with E-state index in [2.05, 4.69) is 11.1 Å². The molecular formula is C17H11FN2OS. The summed E-state index contributed by atoms with van der Waals surface area (Å²) in [5, 5.41) is 11.3. The summed E-state index contributed by atoms with van der Waals surface area (Å²) >= 11 is 1.38. The highest BCUT2D eigenvalue weighted by atomic mass is 32.1. The van der Waals surface area contributed by atoms with Gasteiger partial charge in [0.15, 0.2) is 0 Å². The number of rotatable bonds is 4. The van der Waals surface area contributed by atoms with E-state index in [0.717, 1.165) is 5.69 Å². The molecule has 0 fully saturated rings. The van der Waals surface area contributed by atoms with Gasteiger partial charge in [0.1, 0.15) is 23.2 Å². The Morgan fingerprint density at radius 1 is 1.18 bits per heavy atom. The van der Waals surface area contributed by atoms with Crippen LogP contribution in [-0.2, 0) is 6.61 Å². The third kappa shape index (κ3) is 3.13. The number of nitriles is 1. The third-order valence-electron chi connectivity index (χ3n) is 3.01. The molecule has 0 amide bonds. The van der Waals surface area contributed by atoms with Gasteiger partial charge in [0.2, 0.25) is 0 Å². The van der Waals surface area contributed by atoms with E-state index >= 15 is 0 Å². The topological polar surface area (TPSA) is 45.9 Å². The maximum absolute atomic E-state index is 13.7. The number of ether oxygens (including phenoxy) is 1. The molecule has 2 aromatic carbocycles.